The molecule has 0 radical (unpaired) electrons. The van der Waals surface area contributed by atoms with Crippen LogP contribution >= 0.6 is 27.5 Å². The van der Waals surface area contributed by atoms with Crippen molar-refractivity contribution < 1.29 is 9.63 Å². The Labute approximate surface area is 141 Å². The lowest BCUT2D eigenvalue weighted by molar-refractivity contribution is -0.125. The van der Waals surface area contributed by atoms with Crippen molar-refractivity contribution in [2.75, 3.05) is 5.32 Å². The van der Waals surface area contributed by atoms with E-state index in [-0.39, 0.29) is 5.91 Å². The van der Waals surface area contributed by atoms with Gasteiger partial charge in [-0.25, -0.2) is 0 Å². The van der Waals surface area contributed by atoms with Gasteiger partial charge in [0.15, 0.2) is 0 Å². The van der Waals surface area contributed by atoms with Crippen molar-refractivity contribution in [3.63, 3.8) is 0 Å². The lowest BCUT2D eigenvalue weighted by Crippen LogP contribution is -2.28. The molecule has 1 aliphatic rings. The van der Waals surface area contributed by atoms with Crippen LogP contribution in [0.1, 0.15) is 12.0 Å². The second kappa shape index (κ2) is 6.50. The number of halogens is 2. The van der Waals surface area contributed by atoms with Gasteiger partial charge in [-0.1, -0.05) is 44.8 Å². The van der Waals surface area contributed by atoms with Crippen molar-refractivity contribution in [2.45, 2.75) is 12.5 Å². The molecule has 0 aliphatic carbocycles. The highest BCUT2D eigenvalue weighted by Crippen LogP contribution is 2.21. The average Bonchev–Trinajstić information content (AvgIpc) is 3.00. The number of oxime groups is 1. The first kappa shape index (κ1) is 15.1. The molecule has 1 amide bonds. The topological polar surface area (TPSA) is 50.7 Å². The highest BCUT2D eigenvalue weighted by molar-refractivity contribution is 9.10. The molecule has 3 rings (SSSR count). The number of rotatable bonds is 3. The van der Waals surface area contributed by atoms with Crippen molar-refractivity contribution in [1.29, 1.82) is 0 Å². The van der Waals surface area contributed by atoms with Gasteiger partial charge in [0.25, 0.3) is 5.91 Å². The fourth-order valence-electron chi connectivity index (χ4n) is 2.11. The zero-order valence-corrected chi connectivity index (χ0v) is 13.8. The summed E-state index contributed by atoms with van der Waals surface area (Å²) in [6.45, 7) is 0. The summed E-state index contributed by atoms with van der Waals surface area (Å²) in [4.78, 5) is 17.4. The maximum Gasteiger partial charge on any atom is 0.268 e. The van der Waals surface area contributed by atoms with Crippen LogP contribution in [0.25, 0.3) is 0 Å². The van der Waals surface area contributed by atoms with Crippen LogP contribution < -0.4 is 5.32 Å². The van der Waals surface area contributed by atoms with E-state index in [9.17, 15) is 4.79 Å². The number of carbonyl (C=O) groups is 1. The number of anilines is 1. The fourth-order valence-corrected chi connectivity index (χ4v) is 2.64. The van der Waals surface area contributed by atoms with Crippen LogP contribution in [0.3, 0.4) is 0 Å². The Balaban J connectivity index is 1.64. The SMILES string of the molecule is O=C(Nc1ccc(Cl)cc1)C1CC(c2cccc(Br)c2)=NO1. The first-order valence-electron chi connectivity index (χ1n) is 6.67. The lowest BCUT2D eigenvalue weighted by atomic mass is 10.0. The lowest BCUT2D eigenvalue weighted by Gasteiger charge is -2.09. The molecule has 0 fully saturated rings. The van der Waals surface area contributed by atoms with Gasteiger partial charge < -0.3 is 10.2 Å². The highest BCUT2D eigenvalue weighted by Gasteiger charge is 2.28. The van der Waals surface area contributed by atoms with Crippen molar-refractivity contribution >= 4 is 44.8 Å². The van der Waals surface area contributed by atoms with E-state index in [1.165, 1.54) is 0 Å². The Morgan fingerprint density at radius 2 is 2.05 bits per heavy atom. The molecule has 1 heterocycles. The Kier molecular flexibility index (Phi) is 4.45. The number of carbonyl (C=O) groups excluding carboxylic acids is 1. The molecule has 0 bridgehead atoms. The minimum atomic E-state index is -0.621. The summed E-state index contributed by atoms with van der Waals surface area (Å²) in [5.74, 6) is -0.226. The highest BCUT2D eigenvalue weighted by atomic mass is 79.9. The zero-order chi connectivity index (χ0) is 15.5. The number of hydrogen-bond acceptors (Lipinski definition) is 3. The van der Waals surface area contributed by atoms with Crippen LogP contribution in [-0.4, -0.2) is 17.7 Å². The largest absolute Gasteiger partial charge is 0.382 e. The standard InChI is InChI=1S/C16H12BrClN2O2/c17-11-3-1-2-10(8-11)14-9-15(22-20-14)16(21)19-13-6-4-12(18)5-7-13/h1-8,15H,9H2,(H,19,21). The van der Waals surface area contributed by atoms with Gasteiger partial charge in [0.2, 0.25) is 6.10 Å². The quantitative estimate of drug-likeness (QED) is 0.867. The maximum atomic E-state index is 12.2. The molecule has 0 aromatic heterocycles. The first-order chi connectivity index (χ1) is 10.6. The van der Waals surface area contributed by atoms with E-state index in [2.05, 4.69) is 26.4 Å². The summed E-state index contributed by atoms with van der Waals surface area (Å²) in [6.07, 6.45) is -0.180. The summed E-state index contributed by atoms with van der Waals surface area (Å²) >= 11 is 9.23. The van der Waals surface area contributed by atoms with E-state index in [0.717, 1.165) is 15.7 Å². The Morgan fingerprint density at radius 3 is 2.77 bits per heavy atom. The third-order valence-electron chi connectivity index (χ3n) is 3.23. The zero-order valence-electron chi connectivity index (χ0n) is 11.4. The van der Waals surface area contributed by atoms with Crippen LogP contribution in [0.4, 0.5) is 5.69 Å². The first-order valence-corrected chi connectivity index (χ1v) is 7.84. The van der Waals surface area contributed by atoms with Gasteiger partial charge in [-0.15, -0.1) is 0 Å². The van der Waals surface area contributed by atoms with E-state index in [4.69, 9.17) is 16.4 Å². The molecule has 6 heteroatoms. The molecule has 112 valence electrons. The van der Waals surface area contributed by atoms with Crippen molar-refractivity contribution in [2.24, 2.45) is 5.16 Å². The van der Waals surface area contributed by atoms with E-state index in [0.29, 0.717) is 17.1 Å². The smallest absolute Gasteiger partial charge is 0.268 e. The Bertz CT molecular complexity index is 731. The summed E-state index contributed by atoms with van der Waals surface area (Å²) in [6, 6.07) is 14.7. The van der Waals surface area contributed by atoms with Crippen LogP contribution in [0, 0.1) is 0 Å². The summed E-state index contributed by atoms with van der Waals surface area (Å²) < 4.78 is 0.960. The van der Waals surface area contributed by atoms with Gasteiger partial charge in [-0.05, 0) is 36.4 Å². The molecule has 0 saturated carbocycles. The maximum absolute atomic E-state index is 12.2. The molecule has 22 heavy (non-hydrogen) atoms. The van der Waals surface area contributed by atoms with Gasteiger partial charge in [-0.2, -0.15) is 0 Å². The van der Waals surface area contributed by atoms with E-state index in [1.807, 2.05) is 24.3 Å². The second-order valence-corrected chi connectivity index (χ2v) is 6.19. The minimum Gasteiger partial charge on any atom is -0.382 e. The second-order valence-electron chi connectivity index (χ2n) is 4.84. The molecule has 0 saturated heterocycles. The Morgan fingerprint density at radius 1 is 1.27 bits per heavy atom. The molecular weight excluding hydrogens is 368 g/mol. The van der Waals surface area contributed by atoms with Crippen LogP contribution in [0.2, 0.25) is 5.02 Å². The molecule has 1 aliphatic heterocycles. The predicted octanol–water partition coefficient (Wildman–Crippen LogP) is 4.23. The molecule has 4 nitrogen and oxygen atoms in total. The predicted molar refractivity (Wildman–Crippen MR) is 90.3 cm³/mol. The van der Waals surface area contributed by atoms with E-state index < -0.39 is 6.10 Å². The number of amides is 1. The number of hydrogen-bond donors (Lipinski definition) is 1. The summed E-state index contributed by atoms with van der Waals surface area (Å²) in [5.41, 5.74) is 2.38. The normalized spacial score (nSPS) is 16.8. The molecular formula is C16H12BrClN2O2. The van der Waals surface area contributed by atoms with Crippen LogP contribution in [-0.2, 0) is 9.63 Å². The van der Waals surface area contributed by atoms with Gasteiger partial charge in [-0.3, -0.25) is 4.79 Å². The van der Waals surface area contributed by atoms with Crippen molar-refractivity contribution in [3.05, 3.63) is 63.6 Å². The number of nitrogens with zero attached hydrogens (tertiary/aromatic N) is 1. The van der Waals surface area contributed by atoms with Crippen molar-refractivity contribution in [1.82, 2.24) is 0 Å². The summed E-state index contributed by atoms with van der Waals surface area (Å²) in [5, 5.41) is 7.43. The van der Waals surface area contributed by atoms with Gasteiger partial charge in [0.05, 0.1) is 5.71 Å². The summed E-state index contributed by atoms with van der Waals surface area (Å²) in [7, 11) is 0. The van der Waals surface area contributed by atoms with E-state index >= 15 is 0 Å². The molecule has 1 unspecified atom stereocenters. The van der Waals surface area contributed by atoms with Crippen molar-refractivity contribution in [3.8, 4) is 0 Å². The molecule has 1 N–H and O–H groups in total. The molecule has 1 atom stereocenters. The molecule has 2 aromatic rings. The number of benzene rings is 2. The fraction of sp³-hybridized carbons (Fsp3) is 0.125. The number of nitrogens with one attached hydrogen (secondary N) is 1. The van der Waals surface area contributed by atoms with Gasteiger partial charge in [0, 0.05) is 27.2 Å². The molecule has 0 spiro atoms. The third kappa shape index (κ3) is 3.48. The van der Waals surface area contributed by atoms with E-state index in [1.54, 1.807) is 24.3 Å². The van der Waals surface area contributed by atoms with Gasteiger partial charge >= 0.3 is 0 Å². The average molecular weight is 380 g/mol. The van der Waals surface area contributed by atoms with Crippen LogP contribution in [0.5, 0.6) is 0 Å². The minimum absolute atomic E-state index is 0.226. The van der Waals surface area contributed by atoms with Crippen LogP contribution in [0.15, 0.2) is 58.2 Å². The monoisotopic (exact) mass is 378 g/mol. The van der Waals surface area contributed by atoms with Gasteiger partial charge in [0.1, 0.15) is 0 Å². The Hall–Kier alpha value is -1.85. The third-order valence-corrected chi connectivity index (χ3v) is 3.98. The molecule has 2 aromatic carbocycles.